The first-order valence-corrected chi connectivity index (χ1v) is 8.62. The molecule has 1 aliphatic carbocycles. The Morgan fingerprint density at radius 3 is 2.84 bits per heavy atom. The van der Waals surface area contributed by atoms with Crippen LogP contribution in [0.1, 0.15) is 56.1 Å². The van der Waals surface area contributed by atoms with Crippen LogP contribution in [0, 0.1) is 6.92 Å². The molecule has 2 nitrogen and oxygen atoms in total. The predicted molar refractivity (Wildman–Crippen MR) is 80.7 cm³/mol. The molecular formula is C16H25NOS. The molecule has 19 heavy (non-hydrogen) atoms. The largest absolute Gasteiger partial charge is 0.370 e. The van der Waals surface area contributed by atoms with Gasteiger partial charge in [-0.1, -0.05) is 19.3 Å². The average Bonchev–Trinajstić information content (AvgIpc) is 2.99. The second-order valence-corrected chi connectivity index (χ2v) is 6.98. The highest BCUT2D eigenvalue weighted by atomic mass is 32.1. The van der Waals surface area contributed by atoms with Crippen LogP contribution in [0.25, 0.3) is 0 Å². The Morgan fingerprint density at radius 2 is 2.11 bits per heavy atom. The van der Waals surface area contributed by atoms with Crippen molar-refractivity contribution < 1.29 is 4.74 Å². The molecule has 2 aliphatic rings. The van der Waals surface area contributed by atoms with Crippen LogP contribution in [0.15, 0.2) is 10.8 Å². The highest BCUT2D eigenvalue weighted by Crippen LogP contribution is 2.41. The maximum Gasteiger partial charge on any atom is 0.0708 e. The zero-order chi connectivity index (χ0) is 13.1. The molecule has 2 heterocycles. The van der Waals surface area contributed by atoms with Crippen LogP contribution < -0.4 is 5.32 Å². The maximum atomic E-state index is 6.38. The number of thiophene rings is 1. The van der Waals surface area contributed by atoms with Crippen LogP contribution in [0.5, 0.6) is 0 Å². The van der Waals surface area contributed by atoms with Gasteiger partial charge in [-0.05, 0) is 54.5 Å². The number of hydrogen-bond donors (Lipinski definition) is 1. The smallest absolute Gasteiger partial charge is 0.0708 e. The van der Waals surface area contributed by atoms with Gasteiger partial charge in [0.15, 0.2) is 0 Å². The highest BCUT2D eigenvalue weighted by Gasteiger charge is 2.40. The number of aryl methyl sites for hydroxylation is 1. The minimum Gasteiger partial charge on any atom is -0.370 e. The fourth-order valence-electron chi connectivity index (χ4n) is 3.54. The van der Waals surface area contributed by atoms with E-state index in [0.717, 1.165) is 13.1 Å². The summed E-state index contributed by atoms with van der Waals surface area (Å²) >= 11 is 1.80. The lowest BCUT2D eigenvalue weighted by Gasteiger charge is -2.33. The van der Waals surface area contributed by atoms with Crippen LogP contribution in [0.2, 0.25) is 0 Å². The van der Waals surface area contributed by atoms with E-state index in [0.29, 0.717) is 6.10 Å². The molecule has 2 fully saturated rings. The van der Waals surface area contributed by atoms with E-state index >= 15 is 0 Å². The Morgan fingerprint density at radius 1 is 1.26 bits per heavy atom. The Hall–Kier alpha value is -0.380. The third-order valence-corrected chi connectivity index (χ3v) is 5.66. The lowest BCUT2D eigenvalue weighted by atomic mass is 9.83. The summed E-state index contributed by atoms with van der Waals surface area (Å²) in [6.45, 7) is 4.19. The summed E-state index contributed by atoms with van der Waals surface area (Å²) in [5, 5.41) is 8.05. The van der Waals surface area contributed by atoms with Gasteiger partial charge in [-0.15, -0.1) is 0 Å². The second-order valence-electron chi connectivity index (χ2n) is 6.23. The molecule has 3 rings (SSSR count). The number of rotatable bonds is 4. The summed E-state index contributed by atoms with van der Waals surface area (Å²) in [5.74, 6) is 0. The van der Waals surface area contributed by atoms with Crippen LogP contribution in [0.4, 0.5) is 0 Å². The van der Waals surface area contributed by atoms with Crippen molar-refractivity contribution >= 4 is 11.3 Å². The lowest BCUT2D eigenvalue weighted by molar-refractivity contribution is -0.0624. The summed E-state index contributed by atoms with van der Waals surface area (Å²) in [4.78, 5) is 0. The summed E-state index contributed by atoms with van der Waals surface area (Å²) in [6, 6.07) is 0. The molecule has 1 aromatic rings. The zero-order valence-electron chi connectivity index (χ0n) is 11.9. The van der Waals surface area contributed by atoms with Crippen molar-refractivity contribution in [2.75, 3.05) is 6.54 Å². The topological polar surface area (TPSA) is 21.3 Å². The van der Waals surface area contributed by atoms with Crippen LogP contribution >= 0.6 is 11.3 Å². The van der Waals surface area contributed by atoms with Crippen molar-refractivity contribution in [1.29, 1.82) is 0 Å². The van der Waals surface area contributed by atoms with E-state index in [1.807, 2.05) is 0 Å². The highest BCUT2D eigenvalue weighted by molar-refractivity contribution is 7.08. The van der Waals surface area contributed by atoms with E-state index in [2.05, 4.69) is 23.0 Å². The van der Waals surface area contributed by atoms with E-state index in [9.17, 15) is 0 Å². The lowest BCUT2D eigenvalue weighted by Crippen LogP contribution is -2.34. The number of hydrogen-bond acceptors (Lipinski definition) is 3. The third kappa shape index (κ3) is 3.21. The first-order valence-electron chi connectivity index (χ1n) is 7.68. The summed E-state index contributed by atoms with van der Waals surface area (Å²) in [7, 11) is 0. The predicted octanol–water partition coefficient (Wildman–Crippen LogP) is 4.03. The summed E-state index contributed by atoms with van der Waals surface area (Å²) < 4.78 is 6.38. The third-order valence-electron chi connectivity index (χ3n) is 4.75. The van der Waals surface area contributed by atoms with Gasteiger partial charge in [-0.25, -0.2) is 0 Å². The molecule has 1 aliphatic heterocycles. The van der Waals surface area contributed by atoms with Gasteiger partial charge < -0.3 is 10.1 Å². The van der Waals surface area contributed by atoms with Crippen molar-refractivity contribution in [3.63, 3.8) is 0 Å². The molecular weight excluding hydrogens is 254 g/mol. The standard InChI is InChI=1S/C16H25NOS/c1-13-11-19-12-14(13)9-17-10-15-5-8-16(18-15)6-3-2-4-7-16/h11-12,15,17H,2-10H2,1H3. The van der Waals surface area contributed by atoms with Crippen molar-refractivity contribution in [2.45, 2.75) is 70.1 Å². The molecule has 106 valence electrons. The van der Waals surface area contributed by atoms with Crippen LogP contribution in [0.3, 0.4) is 0 Å². The molecule has 1 aromatic heterocycles. The number of ether oxygens (including phenoxy) is 1. The van der Waals surface area contributed by atoms with E-state index < -0.39 is 0 Å². The molecule has 1 saturated carbocycles. The number of nitrogens with one attached hydrogen (secondary N) is 1. The second kappa shape index (κ2) is 5.94. The molecule has 0 amide bonds. The van der Waals surface area contributed by atoms with E-state index in [1.54, 1.807) is 11.3 Å². The van der Waals surface area contributed by atoms with E-state index in [4.69, 9.17) is 4.74 Å². The van der Waals surface area contributed by atoms with Crippen LogP contribution in [-0.2, 0) is 11.3 Å². The Balaban J connectivity index is 1.43. The average molecular weight is 279 g/mol. The fourth-order valence-corrected chi connectivity index (χ4v) is 4.40. The van der Waals surface area contributed by atoms with Gasteiger partial charge in [0.2, 0.25) is 0 Å². The first kappa shape index (κ1) is 13.6. The normalized spacial score (nSPS) is 26.1. The Kier molecular flexibility index (Phi) is 4.25. The summed E-state index contributed by atoms with van der Waals surface area (Å²) in [5.41, 5.74) is 3.12. The molecule has 0 aromatic carbocycles. The molecule has 3 heteroatoms. The van der Waals surface area contributed by atoms with Gasteiger partial charge in [0.1, 0.15) is 0 Å². The minimum atomic E-state index is 0.267. The SMILES string of the molecule is Cc1cscc1CNCC1CCC2(CCCCC2)O1. The van der Waals surface area contributed by atoms with Gasteiger partial charge >= 0.3 is 0 Å². The Labute approximate surface area is 120 Å². The molecule has 1 atom stereocenters. The van der Waals surface area contributed by atoms with Gasteiger partial charge in [0.25, 0.3) is 0 Å². The molecule has 1 N–H and O–H groups in total. The summed E-state index contributed by atoms with van der Waals surface area (Å²) in [6.07, 6.45) is 9.72. The van der Waals surface area contributed by atoms with Crippen molar-refractivity contribution in [3.05, 3.63) is 21.9 Å². The van der Waals surface area contributed by atoms with E-state index in [1.165, 1.54) is 56.1 Å². The molecule has 0 bridgehead atoms. The maximum absolute atomic E-state index is 6.38. The van der Waals surface area contributed by atoms with E-state index in [-0.39, 0.29) is 5.60 Å². The zero-order valence-corrected chi connectivity index (χ0v) is 12.7. The molecule has 1 saturated heterocycles. The van der Waals surface area contributed by atoms with Crippen molar-refractivity contribution in [1.82, 2.24) is 5.32 Å². The van der Waals surface area contributed by atoms with Gasteiger partial charge in [0, 0.05) is 13.1 Å². The van der Waals surface area contributed by atoms with Crippen LogP contribution in [-0.4, -0.2) is 18.2 Å². The van der Waals surface area contributed by atoms with Crippen molar-refractivity contribution in [2.24, 2.45) is 0 Å². The van der Waals surface area contributed by atoms with Gasteiger partial charge in [-0.3, -0.25) is 0 Å². The quantitative estimate of drug-likeness (QED) is 0.898. The van der Waals surface area contributed by atoms with Gasteiger partial charge in [0.05, 0.1) is 11.7 Å². The van der Waals surface area contributed by atoms with Crippen molar-refractivity contribution in [3.8, 4) is 0 Å². The first-order chi connectivity index (χ1) is 9.27. The monoisotopic (exact) mass is 279 g/mol. The fraction of sp³-hybridized carbons (Fsp3) is 0.750. The van der Waals surface area contributed by atoms with Gasteiger partial charge in [-0.2, -0.15) is 11.3 Å². The molecule has 1 spiro atoms. The minimum absolute atomic E-state index is 0.267. The Bertz CT molecular complexity index is 409. The molecule has 1 unspecified atom stereocenters. The molecule has 0 radical (unpaired) electrons.